The molecule has 0 heterocycles. The van der Waals surface area contributed by atoms with Gasteiger partial charge in [-0.3, -0.25) is 4.79 Å². The first-order valence-electron chi connectivity index (χ1n) is 10.9. The molecule has 0 aromatic heterocycles. The van der Waals surface area contributed by atoms with Crippen LogP contribution in [0.4, 0.5) is 0 Å². The summed E-state index contributed by atoms with van der Waals surface area (Å²) < 4.78 is 0. The molecule has 0 bridgehead atoms. The molecule has 0 spiro atoms. The van der Waals surface area contributed by atoms with Gasteiger partial charge in [-0.25, -0.2) is 0 Å². The molecule has 166 valence electrons. The highest BCUT2D eigenvalue weighted by Crippen LogP contribution is 2.31. The molecule has 33 heavy (non-hydrogen) atoms. The van der Waals surface area contributed by atoms with Gasteiger partial charge in [0.2, 0.25) is 5.91 Å². The van der Waals surface area contributed by atoms with Gasteiger partial charge in [-0.05, 0) is 46.5 Å². The fraction of sp³-hybridized carbons (Fsp3) is 0.138. The second-order valence-electron chi connectivity index (χ2n) is 8.08. The minimum absolute atomic E-state index is 0.0950. The summed E-state index contributed by atoms with van der Waals surface area (Å²) in [6.07, 6.45) is 0.350. The van der Waals surface area contributed by atoms with E-state index in [4.69, 9.17) is 23.2 Å². The van der Waals surface area contributed by atoms with E-state index in [1.54, 1.807) is 0 Å². The lowest BCUT2D eigenvalue weighted by Crippen LogP contribution is -2.31. The molecule has 1 amide bonds. The van der Waals surface area contributed by atoms with Crippen LogP contribution < -0.4 is 0 Å². The van der Waals surface area contributed by atoms with Gasteiger partial charge in [0, 0.05) is 35.5 Å². The zero-order chi connectivity index (χ0) is 23.0. The number of carbonyl (C=O) groups excluding carboxylic acids is 1. The topological polar surface area (TPSA) is 20.3 Å². The maximum absolute atomic E-state index is 13.7. The Balaban J connectivity index is 1.63. The van der Waals surface area contributed by atoms with Crippen LogP contribution in [0.1, 0.15) is 34.6 Å². The number of nitrogens with zero attached hydrogens (tertiary/aromatic N) is 1. The van der Waals surface area contributed by atoms with Crippen molar-refractivity contribution in [2.45, 2.75) is 25.4 Å². The summed E-state index contributed by atoms with van der Waals surface area (Å²) in [6.45, 7) is 1.12. The molecule has 0 radical (unpaired) electrons. The lowest BCUT2D eigenvalue weighted by Gasteiger charge is -2.26. The first-order valence-corrected chi connectivity index (χ1v) is 11.7. The molecule has 0 unspecified atom stereocenters. The predicted octanol–water partition coefficient (Wildman–Crippen LogP) is 7.74. The van der Waals surface area contributed by atoms with Gasteiger partial charge in [0.25, 0.3) is 0 Å². The van der Waals surface area contributed by atoms with Crippen molar-refractivity contribution >= 4 is 29.1 Å². The molecular weight excluding hydrogens is 449 g/mol. The Kier molecular flexibility index (Phi) is 7.83. The molecule has 0 fully saturated rings. The summed E-state index contributed by atoms with van der Waals surface area (Å²) in [5, 5.41) is 1.35. The van der Waals surface area contributed by atoms with E-state index in [-0.39, 0.29) is 11.8 Å². The van der Waals surface area contributed by atoms with E-state index >= 15 is 0 Å². The van der Waals surface area contributed by atoms with Crippen molar-refractivity contribution in [3.8, 4) is 0 Å². The number of amides is 1. The Morgan fingerprint density at radius 3 is 1.39 bits per heavy atom. The van der Waals surface area contributed by atoms with Crippen LogP contribution in [0.2, 0.25) is 10.0 Å². The molecule has 0 atom stereocenters. The Bertz CT molecular complexity index is 1070. The maximum Gasteiger partial charge on any atom is 0.224 e. The van der Waals surface area contributed by atoms with E-state index in [0.717, 1.165) is 22.3 Å². The standard InChI is InChI=1S/C29H25Cl2NO/c30-26-15-11-24(12-16-26)28(25-13-17-27(31)18-14-25)19-29(33)32(20-22-7-3-1-4-8-22)21-23-9-5-2-6-10-23/h1-18,28H,19-21H2. The van der Waals surface area contributed by atoms with Gasteiger partial charge in [0.05, 0.1) is 0 Å². The van der Waals surface area contributed by atoms with Crippen LogP contribution in [-0.2, 0) is 17.9 Å². The number of benzene rings is 4. The lowest BCUT2D eigenvalue weighted by atomic mass is 9.88. The van der Waals surface area contributed by atoms with Gasteiger partial charge in [0.15, 0.2) is 0 Å². The molecule has 2 nitrogen and oxygen atoms in total. The summed E-state index contributed by atoms with van der Waals surface area (Å²) in [7, 11) is 0. The molecule has 0 aliphatic heterocycles. The third kappa shape index (κ3) is 6.47. The largest absolute Gasteiger partial charge is 0.334 e. The van der Waals surface area contributed by atoms with E-state index in [2.05, 4.69) is 24.3 Å². The summed E-state index contributed by atoms with van der Waals surface area (Å²) in [6, 6.07) is 35.7. The molecular formula is C29H25Cl2NO. The Morgan fingerprint density at radius 2 is 1.00 bits per heavy atom. The molecule has 4 rings (SSSR count). The fourth-order valence-electron chi connectivity index (χ4n) is 3.96. The van der Waals surface area contributed by atoms with Crippen molar-refractivity contribution in [1.82, 2.24) is 4.90 Å². The first-order chi connectivity index (χ1) is 16.1. The third-order valence-electron chi connectivity index (χ3n) is 5.71. The van der Waals surface area contributed by atoms with Crippen LogP contribution in [-0.4, -0.2) is 10.8 Å². The van der Waals surface area contributed by atoms with E-state index in [9.17, 15) is 4.79 Å². The maximum atomic E-state index is 13.7. The second kappa shape index (κ2) is 11.2. The summed E-state index contributed by atoms with van der Waals surface area (Å²) in [5.41, 5.74) is 4.32. The predicted molar refractivity (Wildman–Crippen MR) is 137 cm³/mol. The van der Waals surface area contributed by atoms with Crippen LogP contribution in [0.15, 0.2) is 109 Å². The molecule has 0 saturated heterocycles. The smallest absolute Gasteiger partial charge is 0.224 e. The Morgan fingerprint density at radius 1 is 0.606 bits per heavy atom. The number of carbonyl (C=O) groups is 1. The van der Waals surface area contributed by atoms with Gasteiger partial charge in [-0.1, -0.05) is 108 Å². The fourth-order valence-corrected chi connectivity index (χ4v) is 4.21. The molecule has 4 heteroatoms. The molecule has 0 aliphatic rings. The quantitative estimate of drug-likeness (QED) is 0.256. The average Bonchev–Trinajstić information content (AvgIpc) is 2.85. The summed E-state index contributed by atoms with van der Waals surface area (Å²) in [4.78, 5) is 15.7. The lowest BCUT2D eigenvalue weighted by molar-refractivity contribution is -0.132. The van der Waals surface area contributed by atoms with Crippen molar-refractivity contribution in [1.29, 1.82) is 0 Å². The zero-order valence-electron chi connectivity index (χ0n) is 18.2. The van der Waals surface area contributed by atoms with E-state index in [1.807, 2.05) is 89.8 Å². The van der Waals surface area contributed by atoms with Crippen LogP contribution in [0.5, 0.6) is 0 Å². The van der Waals surface area contributed by atoms with Crippen molar-refractivity contribution < 1.29 is 4.79 Å². The molecule has 0 N–H and O–H groups in total. The van der Waals surface area contributed by atoms with Gasteiger partial charge >= 0.3 is 0 Å². The third-order valence-corrected chi connectivity index (χ3v) is 6.21. The van der Waals surface area contributed by atoms with E-state index in [1.165, 1.54) is 0 Å². The van der Waals surface area contributed by atoms with E-state index < -0.39 is 0 Å². The second-order valence-corrected chi connectivity index (χ2v) is 8.95. The zero-order valence-corrected chi connectivity index (χ0v) is 19.7. The Labute approximate surface area is 205 Å². The minimum atomic E-state index is -0.0962. The summed E-state index contributed by atoms with van der Waals surface area (Å²) >= 11 is 12.3. The first kappa shape index (κ1) is 23.1. The minimum Gasteiger partial charge on any atom is -0.334 e. The number of hydrogen-bond acceptors (Lipinski definition) is 1. The van der Waals surface area contributed by atoms with Crippen molar-refractivity contribution in [3.05, 3.63) is 141 Å². The highest BCUT2D eigenvalue weighted by Gasteiger charge is 2.23. The molecule has 4 aromatic carbocycles. The SMILES string of the molecule is O=C(CC(c1ccc(Cl)cc1)c1ccc(Cl)cc1)N(Cc1ccccc1)Cc1ccccc1. The molecule has 4 aromatic rings. The molecule has 0 aliphatic carbocycles. The van der Waals surface area contributed by atoms with Crippen LogP contribution in [0, 0.1) is 0 Å². The monoisotopic (exact) mass is 473 g/mol. The van der Waals surface area contributed by atoms with Crippen LogP contribution >= 0.6 is 23.2 Å². The molecule has 0 saturated carbocycles. The number of hydrogen-bond donors (Lipinski definition) is 0. The van der Waals surface area contributed by atoms with Crippen LogP contribution in [0.3, 0.4) is 0 Å². The van der Waals surface area contributed by atoms with Crippen LogP contribution in [0.25, 0.3) is 0 Å². The van der Waals surface area contributed by atoms with E-state index in [0.29, 0.717) is 29.6 Å². The normalized spacial score (nSPS) is 10.9. The van der Waals surface area contributed by atoms with Gasteiger partial charge in [-0.2, -0.15) is 0 Å². The highest BCUT2D eigenvalue weighted by atomic mass is 35.5. The Hall–Kier alpha value is -3.07. The highest BCUT2D eigenvalue weighted by molar-refractivity contribution is 6.30. The average molecular weight is 474 g/mol. The number of rotatable bonds is 8. The van der Waals surface area contributed by atoms with Crippen molar-refractivity contribution in [2.75, 3.05) is 0 Å². The van der Waals surface area contributed by atoms with Gasteiger partial charge in [0.1, 0.15) is 0 Å². The van der Waals surface area contributed by atoms with Crippen molar-refractivity contribution in [2.24, 2.45) is 0 Å². The van der Waals surface area contributed by atoms with Gasteiger partial charge < -0.3 is 4.90 Å². The number of halogens is 2. The summed E-state index contributed by atoms with van der Waals surface area (Å²) in [5.74, 6) is -0.00122. The van der Waals surface area contributed by atoms with Gasteiger partial charge in [-0.15, -0.1) is 0 Å². The van der Waals surface area contributed by atoms with Crippen molar-refractivity contribution in [3.63, 3.8) is 0 Å².